The van der Waals surface area contributed by atoms with Gasteiger partial charge in [0.05, 0.1) is 32.0 Å². The molecule has 114 valence electrons. The first-order chi connectivity index (χ1) is 10.5. The molecule has 0 aliphatic carbocycles. The smallest absolute Gasteiger partial charge is 0.289 e. The van der Waals surface area contributed by atoms with Crippen molar-refractivity contribution >= 4 is 39.1 Å². The van der Waals surface area contributed by atoms with Crippen LogP contribution >= 0.6 is 22.9 Å². The first kappa shape index (κ1) is 15.0. The Bertz CT molecular complexity index is 854. The predicted molar refractivity (Wildman–Crippen MR) is 89.5 cm³/mol. The van der Waals surface area contributed by atoms with Gasteiger partial charge in [0, 0.05) is 26.8 Å². The van der Waals surface area contributed by atoms with Crippen molar-refractivity contribution in [1.29, 1.82) is 0 Å². The SMILES string of the molecule is CCN(C)C(=O)c1ncc(-c2cc3nccc(Cl)c3s2)n1C. The van der Waals surface area contributed by atoms with Crippen molar-refractivity contribution in [2.24, 2.45) is 7.05 Å². The minimum atomic E-state index is -0.0893. The van der Waals surface area contributed by atoms with Gasteiger partial charge >= 0.3 is 0 Å². The van der Waals surface area contributed by atoms with Gasteiger partial charge in [-0.25, -0.2) is 4.98 Å². The third-order valence-electron chi connectivity index (χ3n) is 3.62. The molecule has 5 nitrogen and oxygen atoms in total. The summed E-state index contributed by atoms with van der Waals surface area (Å²) in [7, 11) is 3.61. The lowest BCUT2D eigenvalue weighted by Crippen LogP contribution is -2.28. The lowest BCUT2D eigenvalue weighted by atomic mass is 10.3. The van der Waals surface area contributed by atoms with Gasteiger partial charge in [-0.15, -0.1) is 11.3 Å². The fourth-order valence-corrected chi connectivity index (χ4v) is 3.52. The average Bonchev–Trinajstić information content (AvgIpc) is 3.10. The molecule has 0 spiro atoms. The summed E-state index contributed by atoms with van der Waals surface area (Å²) in [5.41, 5.74) is 1.74. The normalized spacial score (nSPS) is 11.1. The number of carbonyl (C=O) groups is 1. The lowest BCUT2D eigenvalue weighted by molar-refractivity contribution is 0.0787. The molecule has 22 heavy (non-hydrogen) atoms. The maximum absolute atomic E-state index is 12.3. The van der Waals surface area contributed by atoms with Gasteiger partial charge in [0.2, 0.25) is 0 Å². The molecular formula is C15H15ClN4OS. The molecule has 3 aromatic rings. The molecule has 0 aliphatic rings. The maximum Gasteiger partial charge on any atom is 0.289 e. The number of hydrogen-bond donors (Lipinski definition) is 0. The van der Waals surface area contributed by atoms with E-state index in [9.17, 15) is 4.79 Å². The predicted octanol–water partition coefficient (Wildman–Crippen LogP) is 3.44. The van der Waals surface area contributed by atoms with Crippen LogP contribution in [0.25, 0.3) is 20.8 Å². The largest absolute Gasteiger partial charge is 0.339 e. The Balaban J connectivity index is 2.06. The minimum absolute atomic E-state index is 0.0893. The second-order valence-corrected chi connectivity index (χ2v) is 6.42. The summed E-state index contributed by atoms with van der Waals surface area (Å²) in [5, 5.41) is 0.686. The molecule has 0 saturated carbocycles. The molecule has 7 heteroatoms. The summed E-state index contributed by atoms with van der Waals surface area (Å²) in [4.78, 5) is 23.5. The molecule has 0 unspecified atom stereocenters. The highest BCUT2D eigenvalue weighted by molar-refractivity contribution is 7.22. The highest BCUT2D eigenvalue weighted by Gasteiger charge is 2.19. The average molecular weight is 335 g/mol. The van der Waals surface area contributed by atoms with E-state index in [2.05, 4.69) is 9.97 Å². The third kappa shape index (κ3) is 2.38. The van der Waals surface area contributed by atoms with E-state index in [1.807, 2.05) is 24.6 Å². The number of fused-ring (bicyclic) bond motifs is 1. The van der Waals surface area contributed by atoms with E-state index in [4.69, 9.17) is 11.6 Å². The van der Waals surface area contributed by atoms with Crippen LogP contribution in [0.2, 0.25) is 5.02 Å². The van der Waals surface area contributed by atoms with E-state index >= 15 is 0 Å². The van der Waals surface area contributed by atoms with Crippen LogP contribution in [0.3, 0.4) is 0 Å². The van der Waals surface area contributed by atoms with Crippen LogP contribution in [-0.2, 0) is 7.05 Å². The number of nitrogens with zero attached hydrogens (tertiary/aromatic N) is 4. The Hall–Kier alpha value is -1.92. The van der Waals surface area contributed by atoms with Crippen molar-refractivity contribution in [2.45, 2.75) is 6.92 Å². The second-order valence-electron chi connectivity index (χ2n) is 4.96. The molecule has 0 aromatic carbocycles. The number of amides is 1. The molecular weight excluding hydrogens is 320 g/mol. The summed E-state index contributed by atoms with van der Waals surface area (Å²) in [5.74, 6) is 0.337. The summed E-state index contributed by atoms with van der Waals surface area (Å²) in [6, 6.07) is 3.75. The number of imidazole rings is 1. The Morgan fingerprint density at radius 1 is 1.45 bits per heavy atom. The van der Waals surface area contributed by atoms with Crippen molar-refractivity contribution in [3.8, 4) is 10.6 Å². The van der Waals surface area contributed by atoms with Crippen molar-refractivity contribution in [3.05, 3.63) is 35.4 Å². The molecule has 0 saturated heterocycles. The number of halogens is 1. The van der Waals surface area contributed by atoms with E-state index < -0.39 is 0 Å². The highest BCUT2D eigenvalue weighted by Crippen LogP contribution is 2.36. The fourth-order valence-electron chi connectivity index (χ4n) is 2.18. The quantitative estimate of drug-likeness (QED) is 0.737. The Morgan fingerprint density at radius 3 is 2.91 bits per heavy atom. The van der Waals surface area contributed by atoms with Crippen molar-refractivity contribution in [1.82, 2.24) is 19.4 Å². The van der Waals surface area contributed by atoms with Crippen LogP contribution in [0.15, 0.2) is 24.5 Å². The highest BCUT2D eigenvalue weighted by atomic mass is 35.5. The van der Waals surface area contributed by atoms with Gasteiger partial charge in [0.15, 0.2) is 5.82 Å². The molecule has 0 bridgehead atoms. The summed E-state index contributed by atoms with van der Waals surface area (Å²) >= 11 is 7.75. The zero-order chi connectivity index (χ0) is 15.9. The van der Waals surface area contributed by atoms with E-state index in [1.165, 1.54) is 0 Å². The lowest BCUT2D eigenvalue weighted by Gasteiger charge is -2.14. The van der Waals surface area contributed by atoms with Gasteiger partial charge in [-0.2, -0.15) is 0 Å². The molecule has 1 amide bonds. The topological polar surface area (TPSA) is 51.0 Å². The number of thiophene rings is 1. The van der Waals surface area contributed by atoms with Crippen LogP contribution in [0.5, 0.6) is 0 Å². The first-order valence-corrected chi connectivity index (χ1v) is 8.04. The van der Waals surface area contributed by atoms with Crippen LogP contribution in [-0.4, -0.2) is 38.9 Å². The van der Waals surface area contributed by atoms with E-state index in [-0.39, 0.29) is 5.91 Å². The van der Waals surface area contributed by atoms with Gasteiger partial charge in [0.1, 0.15) is 0 Å². The summed E-state index contributed by atoms with van der Waals surface area (Å²) < 4.78 is 2.76. The Kier molecular flexibility index (Phi) is 3.88. The van der Waals surface area contributed by atoms with Crippen LogP contribution in [0.1, 0.15) is 17.5 Å². The molecule has 0 fully saturated rings. The van der Waals surface area contributed by atoms with E-state index in [0.717, 1.165) is 20.8 Å². The molecule has 3 heterocycles. The molecule has 0 radical (unpaired) electrons. The zero-order valence-electron chi connectivity index (χ0n) is 12.5. The van der Waals surface area contributed by atoms with Crippen LogP contribution in [0.4, 0.5) is 0 Å². The van der Waals surface area contributed by atoms with Crippen LogP contribution in [0, 0.1) is 0 Å². The minimum Gasteiger partial charge on any atom is -0.339 e. The van der Waals surface area contributed by atoms with Crippen molar-refractivity contribution in [3.63, 3.8) is 0 Å². The molecule has 0 aliphatic heterocycles. The molecule has 3 rings (SSSR count). The molecule has 0 atom stereocenters. The summed E-state index contributed by atoms with van der Waals surface area (Å²) in [6.45, 7) is 2.57. The summed E-state index contributed by atoms with van der Waals surface area (Å²) in [6.07, 6.45) is 3.41. The van der Waals surface area contributed by atoms with Crippen molar-refractivity contribution in [2.75, 3.05) is 13.6 Å². The van der Waals surface area contributed by atoms with Crippen molar-refractivity contribution < 1.29 is 4.79 Å². The van der Waals surface area contributed by atoms with Gasteiger partial charge in [-0.3, -0.25) is 9.78 Å². The Morgan fingerprint density at radius 2 is 2.23 bits per heavy atom. The Labute approximate surface area is 137 Å². The third-order valence-corrected chi connectivity index (χ3v) is 5.22. The molecule has 3 aromatic heterocycles. The van der Waals surface area contributed by atoms with E-state index in [1.54, 1.807) is 41.7 Å². The molecule has 0 N–H and O–H groups in total. The monoisotopic (exact) mass is 334 g/mol. The number of hydrogen-bond acceptors (Lipinski definition) is 4. The number of aromatic nitrogens is 3. The van der Waals surface area contributed by atoms with E-state index in [0.29, 0.717) is 17.4 Å². The number of carbonyl (C=O) groups excluding carboxylic acids is 1. The van der Waals surface area contributed by atoms with Gasteiger partial charge < -0.3 is 9.47 Å². The number of rotatable bonds is 3. The zero-order valence-corrected chi connectivity index (χ0v) is 14.1. The van der Waals surface area contributed by atoms with Gasteiger partial charge in [-0.05, 0) is 19.1 Å². The van der Waals surface area contributed by atoms with Gasteiger partial charge in [0.25, 0.3) is 5.91 Å². The number of pyridine rings is 1. The van der Waals surface area contributed by atoms with Crippen LogP contribution < -0.4 is 0 Å². The standard InChI is InChI=1S/C15H15ClN4OS/c1-4-19(2)15(21)14-18-8-11(20(14)3)12-7-10-13(22-12)9(16)5-6-17-10/h5-8H,4H2,1-3H3. The maximum atomic E-state index is 12.3. The van der Waals surface area contributed by atoms with Gasteiger partial charge in [-0.1, -0.05) is 11.6 Å². The second kappa shape index (κ2) is 5.70. The first-order valence-electron chi connectivity index (χ1n) is 6.84. The fraction of sp³-hybridized carbons (Fsp3) is 0.267.